The van der Waals surface area contributed by atoms with E-state index in [1.807, 2.05) is 0 Å². The van der Waals surface area contributed by atoms with E-state index in [1.54, 1.807) is 25.1 Å². The Kier molecular flexibility index (Phi) is 4.63. The van der Waals surface area contributed by atoms with Gasteiger partial charge >= 0.3 is 5.97 Å². The van der Waals surface area contributed by atoms with Crippen LogP contribution in [-0.2, 0) is 9.53 Å². The molecule has 0 spiro atoms. The molecule has 1 N–H and O–H groups in total. The van der Waals surface area contributed by atoms with Gasteiger partial charge < -0.3 is 10.1 Å². The molecule has 0 aliphatic heterocycles. The van der Waals surface area contributed by atoms with E-state index in [1.165, 1.54) is 6.07 Å². The molecule has 0 heterocycles. The zero-order valence-corrected chi connectivity index (χ0v) is 12.1. The molecule has 1 aromatic rings. The van der Waals surface area contributed by atoms with Crippen LogP contribution in [0.4, 0.5) is 10.1 Å². The van der Waals surface area contributed by atoms with Crippen LogP contribution in [0.15, 0.2) is 24.3 Å². The van der Waals surface area contributed by atoms with Crippen LogP contribution in [-0.4, -0.2) is 18.1 Å². The number of carbonyl (C=O) groups excluding carboxylic acids is 1. The molecular formula is C16H22FNO2. The minimum absolute atomic E-state index is 0.182. The summed E-state index contributed by atoms with van der Waals surface area (Å²) >= 11 is 0. The van der Waals surface area contributed by atoms with Crippen LogP contribution >= 0.6 is 0 Å². The van der Waals surface area contributed by atoms with Gasteiger partial charge in [0.15, 0.2) is 0 Å². The summed E-state index contributed by atoms with van der Waals surface area (Å²) in [6, 6.07) is 6.47. The predicted octanol–water partition coefficient (Wildman–Crippen LogP) is 3.75. The Bertz CT molecular complexity index is 477. The van der Waals surface area contributed by atoms with Crippen molar-refractivity contribution in [1.29, 1.82) is 0 Å². The van der Waals surface area contributed by atoms with Gasteiger partial charge in [0.25, 0.3) is 0 Å². The number of ether oxygens (including phenoxy) is 1. The lowest BCUT2D eigenvalue weighted by molar-refractivity contribution is -0.150. The van der Waals surface area contributed by atoms with Crippen LogP contribution in [0, 0.1) is 11.7 Å². The normalized spacial score (nSPS) is 25.4. The molecule has 4 heteroatoms. The highest BCUT2D eigenvalue weighted by Gasteiger charge is 2.49. The lowest BCUT2D eigenvalue weighted by Crippen LogP contribution is -2.50. The van der Waals surface area contributed by atoms with Crippen LogP contribution in [0.25, 0.3) is 0 Å². The molecule has 1 aliphatic rings. The van der Waals surface area contributed by atoms with Crippen molar-refractivity contribution in [2.45, 2.75) is 45.1 Å². The number of hydrogen-bond acceptors (Lipinski definition) is 3. The maximum Gasteiger partial charge on any atom is 0.332 e. The van der Waals surface area contributed by atoms with Gasteiger partial charge in [0.1, 0.15) is 11.4 Å². The highest BCUT2D eigenvalue weighted by molar-refractivity contribution is 5.85. The molecule has 110 valence electrons. The van der Waals surface area contributed by atoms with Crippen molar-refractivity contribution in [1.82, 2.24) is 0 Å². The first-order valence-electron chi connectivity index (χ1n) is 7.34. The second-order valence-corrected chi connectivity index (χ2v) is 5.29. The monoisotopic (exact) mass is 279 g/mol. The lowest BCUT2D eigenvalue weighted by Gasteiger charge is -2.34. The zero-order valence-electron chi connectivity index (χ0n) is 12.1. The van der Waals surface area contributed by atoms with Crippen molar-refractivity contribution >= 4 is 11.7 Å². The summed E-state index contributed by atoms with van der Waals surface area (Å²) in [6.45, 7) is 4.20. The Labute approximate surface area is 119 Å². The fourth-order valence-electron chi connectivity index (χ4n) is 3.18. The minimum atomic E-state index is -0.785. The molecule has 0 aromatic heterocycles. The van der Waals surface area contributed by atoms with Crippen molar-refractivity contribution in [3.05, 3.63) is 30.1 Å². The van der Waals surface area contributed by atoms with E-state index in [9.17, 15) is 9.18 Å². The maximum atomic E-state index is 13.9. The summed E-state index contributed by atoms with van der Waals surface area (Å²) in [5.74, 6) is -0.410. The molecular weight excluding hydrogens is 257 g/mol. The third-order valence-electron chi connectivity index (χ3n) is 4.18. The summed E-state index contributed by atoms with van der Waals surface area (Å²) in [4.78, 5) is 12.4. The molecule has 20 heavy (non-hydrogen) atoms. The first-order valence-corrected chi connectivity index (χ1v) is 7.34. The fourth-order valence-corrected chi connectivity index (χ4v) is 3.18. The molecule has 0 amide bonds. The molecule has 1 aromatic carbocycles. The first-order chi connectivity index (χ1) is 9.64. The second kappa shape index (κ2) is 6.25. The zero-order chi connectivity index (χ0) is 14.6. The number of para-hydroxylation sites is 1. The van der Waals surface area contributed by atoms with E-state index >= 15 is 0 Å². The molecule has 2 atom stereocenters. The van der Waals surface area contributed by atoms with Crippen molar-refractivity contribution in [2.75, 3.05) is 11.9 Å². The number of halogens is 1. The first kappa shape index (κ1) is 14.8. The maximum absolute atomic E-state index is 13.9. The van der Waals surface area contributed by atoms with Gasteiger partial charge in [-0.3, -0.25) is 0 Å². The van der Waals surface area contributed by atoms with Crippen LogP contribution in [0.5, 0.6) is 0 Å². The Morgan fingerprint density at radius 3 is 2.85 bits per heavy atom. The van der Waals surface area contributed by atoms with E-state index in [4.69, 9.17) is 4.74 Å². The van der Waals surface area contributed by atoms with Gasteiger partial charge in [0.05, 0.1) is 12.3 Å². The quantitative estimate of drug-likeness (QED) is 0.834. The lowest BCUT2D eigenvalue weighted by atomic mass is 9.84. The average molecular weight is 279 g/mol. The summed E-state index contributed by atoms with van der Waals surface area (Å²) < 4.78 is 19.1. The third kappa shape index (κ3) is 2.65. The van der Waals surface area contributed by atoms with Gasteiger partial charge in [0, 0.05) is 0 Å². The molecule has 2 unspecified atom stereocenters. The summed E-state index contributed by atoms with van der Waals surface area (Å²) in [7, 11) is 0. The Balaban J connectivity index is 2.32. The molecule has 3 nitrogen and oxygen atoms in total. The van der Waals surface area contributed by atoms with Gasteiger partial charge in [-0.15, -0.1) is 0 Å². The van der Waals surface area contributed by atoms with E-state index in [0.717, 1.165) is 19.3 Å². The SMILES string of the molecule is CCOC(=O)C1(Nc2ccccc2F)CCCC1CC. The predicted molar refractivity (Wildman–Crippen MR) is 77.0 cm³/mol. The minimum Gasteiger partial charge on any atom is -0.464 e. The fraction of sp³-hybridized carbons (Fsp3) is 0.562. The molecule has 0 saturated heterocycles. The Hall–Kier alpha value is -1.58. The van der Waals surface area contributed by atoms with Crippen molar-refractivity contribution in [2.24, 2.45) is 5.92 Å². The number of anilines is 1. The molecule has 0 radical (unpaired) electrons. The van der Waals surface area contributed by atoms with Crippen LogP contribution in [0.3, 0.4) is 0 Å². The van der Waals surface area contributed by atoms with E-state index in [2.05, 4.69) is 12.2 Å². The van der Waals surface area contributed by atoms with Crippen LogP contribution in [0.2, 0.25) is 0 Å². The highest BCUT2D eigenvalue weighted by atomic mass is 19.1. The number of hydrogen-bond donors (Lipinski definition) is 1. The number of benzene rings is 1. The Morgan fingerprint density at radius 2 is 2.20 bits per heavy atom. The Morgan fingerprint density at radius 1 is 1.45 bits per heavy atom. The van der Waals surface area contributed by atoms with Gasteiger partial charge in [-0.2, -0.15) is 0 Å². The molecule has 1 aliphatic carbocycles. The van der Waals surface area contributed by atoms with Crippen molar-refractivity contribution in [3.63, 3.8) is 0 Å². The molecule has 2 rings (SSSR count). The topological polar surface area (TPSA) is 38.3 Å². The van der Waals surface area contributed by atoms with Crippen molar-refractivity contribution < 1.29 is 13.9 Å². The van der Waals surface area contributed by atoms with Crippen LogP contribution < -0.4 is 5.32 Å². The van der Waals surface area contributed by atoms with E-state index in [0.29, 0.717) is 18.7 Å². The van der Waals surface area contributed by atoms with Crippen molar-refractivity contribution in [3.8, 4) is 0 Å². The summed E-state index contributed by atoms with van der Waals surface area (Å²) in [6.07, 6.45) is 3.49. The molecule has 1 saturated carbocycles. The summed E-state index contributed by atoms with van der Waals surface area (Å²) in [5, 5.41) is 3.16. The largest absolute Gasteiger partial charge is 0.464 e. The van der Waals surface area contributed by atoms with E-state index in [-0.39, 0.29) is 17.7 Å². The standard InChI is InChI=1S/C16H22FNO2/c1-3-12-8-7-11-16(12,15(19)20-4-2)18-14-10-6-5-9-13(14)17/h5-6,9-10,12,18H,3-4,7-8,11H2,1-2H3. The van der Waals surface area contributed by atoms with Gasteiger partial charge in [0.2, 0.25) is 0 Å². The second-order valence-electron chi connectivity index (χ2n) is 5.29. The van der Waals surface area contributed by atoms with Gasteiger partial charge in [-0.1, -0.05) is 31.9 Å². The smallest absolute Gasteiger partial charge is 0.332 e. The molecule has 0 bridgehead atoms. The highest BCUT2D eigenvalue weighted by Crippen LogP contribution is 2.41. The number of esters is 1. The third-order valence-corrected chi connectivity index (χ3v) is 4.18. The molecule has 1 fully saturated rings. The number of rotatable bonds is 5. The average Bonchev–Trinajstić information content (AvgIpc) is 2.86. The van der Waals surface area contributed by atoms with Gasteiger partial charge in [-0.25, -0.2) is 9.18 Å². The van der Waals surface area contributed by atoms with Crippen LogP contribution in [0.1, 0.15) is 39.5 Å². The summed E-state index contributed by atoms with van der Waals surface area (Å²) in [5.41, 5.74) is -0.409. The van der Waals surface area contributed by atoms with E-state index < -0.39 is 5.54 Å². The number of carbonyl (C=O) groups is 1. The number of nitrogens with one attached hydrogen (secondary N) is 1. The van der Waals surface area contributed by atoms with Gasteiger partial charge in [-0.05, 0) is 37.8 Å².